The van der Waals surface area contributed by atoms with Crippen molar-refractivity contribution in [3.05, 3.63) is 41.6 Å². The van der Waals surface area contributed by atoms with Gasteiger partial charge in [0.05, 0.1) is 0 Å². The number of amides is 1. The van der Waals surface area contributed by atoms with Crippen LogP contribution >= 0.6 is 0 Å². The third-order valence-corrected chi connectivity index (χ3v) is 3.55. The molecule has 25 heavy (non-hydrogen) atoms. The topological polar surface area (TPSA) is 84.9 Å². The highest BCUT2D eigenvalue weighted by atomic mass is 16.7. The van der Waals surface area contributed by atoms with E-state index in [1.807, 2.05) is 18.2 Å². The number of anilines is 1. The number of esters is 2. The van der Waals surface area contributed by atoms with Gasteiger partial charge in [0.1, 0.15) is 0 Å². The minimum atomic E-state index is -1.26. The Labute approximate surface area is 146 Å². The van der Waals surface area contributed by atoms with Crippen LogP contribution in [0.25, 0.3) is 0 Å². The molecule has 0 bridgehead atoms. The molecule has 1 aliphatic heterocycles. The van der Waals surface area contributed by atoms with Crippen LogP contribution < -0.4 is 5.32 Å². The molecule has 2 rings (SSSR count). The molecule has 0 aromatic heterocycles. The molecule has 0 aliphatic carbocycles. The Balaban J connectivity index is 2.03. The highest BCUT2D eigenvalue weighted by Gasteiger charge is 2.38. The lowest BCUT2D eigenvalue weighted by molar-refractivity contribution is -0.222. The maximum atomic E-state index is 11.9. The molecule has 1 aliphatic rings. The number of hydrogen-bond acceptors (Lipinski definition) is 6. The molecular formula is C18H22N2O5. The van der Waals surface area contributed by atoms with Crippen LogP contribution in [-0.4, -0.2) is 42.6 Å². The second-order valence-corrected chi connectivity index (χ2v) is 6.37. The summed E-state index contributed by atoms with van der Waals surface area (Å²) in [4.78, 5) is 37.0. The molecule has 0 atom stereocenters. The van der Waals surface area contributed by atoms with Crippen LogP contribution in [0.3, 0.4) is 0 Å². The van der Waals surface area contributed by atoms with Gasteiger partial charge in [0.2, 0.25) is 5.91 Å². The maximum Gasteiger partial charge on any atom is 0.350 e. The van der Waals surface area contributed by atoms with E-state index < -0.39 is 17.7 Å². The van der Waals surface area contributed by atoms with E-state index in [9.17, 15) is 14.4 Å². The van der Waals surface area contributed by atoms with Gasteiger partial charge >= 0.3 is 11.9 Å². The second kappa shape index (κ2) is 7.38. The van der Waals surface area contributed by atoms with Crippen molar-refractivity contribution in [2.45, 2.75) is 32.5 Å². The molecule has 1 fully saturated rings. The van der Waals surface area contributed by atoms with Crippen LogP contribution in [0.4, 0.5) is 5.69 Å². The van der Waals surface area contributed by atoms with E-state index in [1.54, 1.807) is 25.1 Å². The first kappa shape index (κ1) is 18.5. The maximum absolute atomic E-state index is 11.9. The first-order valence-electron chi connectivity index (χ1n) is 7.90. The lowest BCUT2D eigenvalue weighted by atomic mass is 10.1. The lowest BCUT2D eigenvalue weighted by Gasteiger charge is -2.29. The van der Waals surface area contributed by atoms with Gasteiger partial charge in [0.25, 0.3) is 5.79 Å². The molecule has 1 aromatic rings. The summed E-state index contributed by atoms with van der Waals surface area (Å²) in [5.41, 5.74) is 1.45. The zero-order valence-electron chi connectivity index (χ0n) is 14.8. The summed E-state index contributed by atoms with van der Waals surface area (Å²) in [6, 6.07) is 7.38. The summed E-state index contributed by atoms with van der Waals surface area (Å²) in [7, 11) is 3.44. The molecule has 0 radical (unpaired) electrons. The molecule has 7 nitrogen and oxygen atoms in total. The van der Waals surface area contributed by atoms with E-state index in [-0.39, 0.29) is 11.5 Å². The summed E-state index contributed by atoms with van der Waals surface area (Å²) >= 11 is 0. The van der Waals surface area contributed by atoms with Gasteiger partial charge in [-0.2, -0.15) is 0 Å². The van der Waals surface area contributed by atoms with Gasteiger partial charge in [-0.15, -0.1) is 0 Å². The van der Waals surface area contributed by atoms with Crippen molar-refractivity contribution in [1.29, 1.82) is 0 Å². The normalized spacial score (nSPS) is 15.9. The Morgan fingerprint density at radius 3 is 2.44 bits per heavy atom. The van der Waals surface area contributed by atoms with Gasteiger partial charge < -0.3 is 19.7 Å². The van der Waals surface area contributed by atoms with E-state index in [2.05, 4.69) is 5.32 Å². The number of benzene rings is 1. The van der Waals surface area contributed by atoms with E-state index in [0.29, 0.717) is 18.5 Å². The van der Waals surface area contributed by atoms with Gasteiger partial charge in [-0.25, -0.2) is 9.59 Å². The van der Waals surface area contributed by atoms with Gasteiger partial charge in [-0.3, -0.25) is 4.79 Å². The molecular weight excluding hydrogens is 324 g/mol. The summed E-state index contributed by atoms with van der Waals surface area (Å²) in [6.45, 7) is 2.98. The zero-order valence-corrected chi connectivity index (χ0v) is 14.8. The average Bonchev–Trinajstić information content (AvgIpc) is 2.51. The summed E-state index contributed by atoms with van der Waals surface area (Å²) < 4.78 is 10.0. The highest BCUT2D eigenvalue weighted by Crippen LogP contribution is 2.23. The fourth-order valence-corrected chi connectivity index (χ4v) is 2.23. The Kier molecular flexibility index (Phi) is 5.46. The van der Waals surface area contributed by atoms with E-state index >= 15 is 0 Å². The minimum absolute atomic E-state index is 0.0517. The SMILES string of the molecule is CN(C)C(=O)CCc1cccc(NC=C2C(=O)OC(C)(C)OC2=O)c1. The van der Waals surface area contributed by atoms with E-state index in [1.165, 1.54) is 20.0 Å². The Morgan fingerprint density at radius 2 is 1.84 bits per heavy atom. The molecule has 1 heterocycles. The number of aryl methyl sites for hydroxylation is 1. The predicted octanol–water partition coefficient (Wildman–Crippen LogP) is 1.84. The van der Waals surface area contributed by atoms with Gasteiger partial charge in [-0.1, -0.05) is 12.1 Å². The number of nitrogens with zero attached hydrogens (tertiary/aromatic N) is 1. The summed E-state index contributed by atoms with van der Waals surface area (Å²) in [5.74, 6) is -2.68. The summed E-state index contributed by atoms with van der Waals surface area (Å²) in [5, 5.41) is 2.89. The third kappa shape index (κ3) is 5.07. The molecule has 1 N–H and O–H groups in total. The minimum Gasteiger partial charge on any atom is -0.419 e. The average molecular weight is 346 g/mol. The van der Waals surface area contributed by atoms with Crippen LogP contribution in [0, 0.1) is 0 Å². The summed E-state index contributed by atoms with van der Waals surface area (Å²) in [6.07, 6.45) is 2.27. The monoisotopic (exact) mass is 346 g/mol. The van der Waals surface area contributed by atoms with Crippen molar-refractivity contribution in [3.63, 3.8) is 0 Å². The standard InChI is InChI=1S/C18H22N2O5/c1-18(2)24-16(22)14(17(23)25-18)11-19-13-7-5-6-12(10-13)8-9-15(21)20(3)4/h5-7,10-11,19H,8-9H2,1-4H3. The fraction of sp³-hybridized carbons (Fsp3) is 0.389. The molecule has 1 saturated heterocycles. The molecule has 7 heteroatoms. The van der Waals surface area contributed by atoms with E-state index in [0.717, 1.165) is 5.56 Å². The largest absolute Gasteiger partial charge is 0.419 e. The van der Waals surface area contributed by atoms with Crippen LogP contribution in [0.2, 0.25) is 0 Å². The number of rotatable bonds is 5. The molecule has 1 amide bonds. The Hall–Kier alpha value is -2.83. The van der Waals surface area contributed by atoms with Crippen molar-refractivity contribution in [2.24, 2.45) is 0 Å². The van der Waals surface area contributed by atoms with Crippen LogP contribution in [-0.2, 0) is 30.3 Å². The zero-order chi connectivity index (χ0) is 18.6. The molecule has 0 spiro atoms. The smallest absolute Gasteiger partial charge is 0.350 e. The Bertz CT molecular complexity index is 700. The van der Waals surface area contributed by atoms with Crippen LogP contribution in [0.5, 0.6) is 0 Å². The lowest BCUT2D eigenvalue weighted by Crippen LogP contribution is -2.42. The van der Waals surface area contributed by atoms with Crippen LogP contribution in [0.1, 0.15) is 25.8 Å². The molecule has 0 unspecified atom stereocenters. The van der Waals surface area contributed by atoms with Crippen molar-refractivity contribution in [3.8, 4) is 0 Å². The number of carbonyl (C=O) groups excluding carboxylic acids is 3. The first-order valence-corrected chi connectivity index (χ1v) is 7.90. The quantitative estimate of drug-likeness (QED) is 0.497. The second-order valence-electron chi connectivity index (χ2n) is 6.37. The number of hydrogen-bond donors (Lipinski definition) is 1. The van der Waals surface area contributed by atoms with Gasteiger partial charge in [0, 0.05) is 46.3 Å². The first-order chi connectivity index (χ1) is 11.7. The Morgan fingerprint density at radius 1 is 1.20 bits per heavy atom. The van der Waals surface area contributed by atoms with Crippen molar-refractivity contribution < 1.29 is 23.9 Å². The van der Waals surface area contributed by atoms with Crippen molar-refractivity contribution >= 4 is 23.5 Å². The van der Waals surface area contributed by atoms with E-state index in [4.69, 9.17) is 9.47 Å². The molecule has 0 saturated carbocycles. The van der Waals surface area contributed by atoms with Crippen LogP contribution in [0.15, 0.2) is 36.0 Å². The molecule has 134 valence electrons. The number of nitrogens with one attached hydrogen (secondary N) is 1. The number of cyclic esters (lactones) is 2. The fourth-order valence-electron chi connectivity index (χ4n) is 2.23. The molecule has 1 aromatic carbocycles. The predicted molar refractivity (Wildman–Crippen MR) is 91.4 cm³/mol. The van der Waals surface area contributed by atoms with Gasteiger partial charge in [0.15, 0.2) is 5.57 Å². The highest BCUT2D eigenvalue weighted by molar-refractivity contribution is 6.15. The van der Waals surface area contributed by atoms with Crippen molar-refractivity contribution in [2.75, 3.05) is 19.4 Å². The third-order valence-electron chi connectivity index (χ3n) is 3.55. The van der Waals surface area contributed by atoms with Crippen molar-refractivity contribution in [1.82, 2.24) is 4.90 Å². The van der Waals surface area contributed by atoms with Gasteiger partial charge in [-0.05, 0) is 24.1 Å². The number of ether oxygens (including phenoxy) is 2. The number of carbonyl (C=O) groups is 3.